The van der Waals surface area contributed by atoms with Crippen LogP contribution in [0.25, 0.3) is 0 Å². The van der Waals surface area contributed by atoms with Crippen molar-refractivity contribution in [3.63, 3.8) is 0 Å². The van der Waals surface area contributed by atoms with Crippen LogP contribution >= 0.6 is 0 Å². The molecule has 194 valence electrons. The van der Waals surface area contributed by atoms with Crippen LogP contribution in [0.1, 0.15) is 63.0 Å². The Labute approximate surface area is 208 Å². The fourth-order valence-corrected chi connectivity index (χ4v) is 5.97. The van der Waals surface area contributed by atoms with Crippen LogP contribution in [0.4, 0.5) is 4.79 Å². The highest BCUT2D eigenvalue weighted by molar-refractivity contribution is 6.07. The first-order valence-corrected chi connectivity index (χ1v) is 13.1. The number of amides is 3. The van der Waals surface area contributed by atoms with Gasteiger partial charge in [0.05, 0.1) is 12.7 Å². The third-order valence-corrected chi connectivity index (χ3v) is 8.59. The normalized spacial score (nSPS) is 28.3. The summed E-state index contributed by atoms with van der Waals surface area (Å²) >= 11 is 0. The Morgan fingerprint density at radius 1 is 1.20 bits per heavy atom. The lowest BCUT2D eigenvalue weighted by atomic mass is 9.71. The van der Waals surface area contributed by atoms with Crippen LogP contribution in [0, 0.1) is 12.8 Å². The molecule has 0 aromatic heterocycles. The number of carbonyl (C=O) groups excluding carboxylic acids is 2. The van der Waals surface area contributed by atoms with Gasteiger partial charge in [-0.15, -0.1) is 0 Å². The SMILES string of the molecule is COc1ccc(C)c(CCCN(CC2CCOCC2)[C@H](C)C2(O)CCC3(CC2)NC(=O)NC3=O)c1. The molecule has 3 aliphatic rings. The second kappa shape index (κ2) is 10.8. The van der Waals surface area contributed by atoms with Crippen LogP contribution in [-0.2, 0) is 16.0 Å². The summed E-state index contributed by atoms with van der Waals surface area (Å²) in [6.07, 6.45) is 5.92. The van der Waals surface area contributed by atoms with Crippen LogP contribution in [0.5, 0.6) is 5.75 Å². The van der Waals surface area contributed by atoms with Crippen molar-refractivity contribution in [2.24, 2.45) is 5.92 Å². The Morgan fingerprint density at radius 3 is 2.54 bits per heavy atom. The summed E-state index contributed by atoms with van der Waals surface area (Å²) in [4.78, 5) is 26.6. The number of nitrogens with zero attached hydrogens (tertiary/aromatic N) is 1. The molecule has 8 nitrogen and oxygen atoms in total. The number of aryl methyl sites for hydroxylation is 2. The quantitative estimate of drug-likeness (QED) is 0.463. The van der Waals surface area contributed by atoms with Crippen molar-refractivity contribution in [1.82, 2.24) is 15.5 Å². The molecule has 1 aliphatic carbocycles. The molecule has 4 rings (SSSR count). The Kier molecular flexibility index (Phi) is 8.03. The highest BCUT2D eigenvalue weighted by Crippen LogP contribution is 2.40. The molecule has 8 heteroatoms. The van der Waals surface area contributed by atoms with Gasteiger partial charge in [-0.05, 0) is 101 Å². The standard InChI is InChI=1S/C27H41N3O5/c1-19-6-7-23(34-3)17-22(19)5-4-14-30(18-21-8-15-35-16-9-21)20(2)27(33)12-10-26(11-13-27)24(31)28-25(32)29-26/h6-7,17,20-21,33H,4-5,8-16,18H2,1-3H3,(H2,28,29,31,32)/t20-,26?,27?/m1/s1. The average Bonchev–Trinajstić information content (AvgIpc) is 3.14. The number of urea groups is 1. The van der Waals surface area contributed by atoms with Crippen molar-refractivity contribution in [2.75, 3.05) is 33.4 Å². The van der Waals surface area contributed by atoms with E-state index in [2.05, 4.69) is 41.5 Å². The Bertz CT molecular complexity index is 906. The van der Waals surface area contributed by atoms with Crippen LogP contribution in [0.2, 0.25) is 0 Å². The van der Waals surface area contributed by atoms with Gasteiger partial charge in [-0.1, -0.05) is 6.07 Å². The molecule has 2 heterocycles. The number of benzene rings is 1. The van der Waals surface area contributed by atoms with Crippen molar-refractivity contribution in [2.45, 2.75) is 82.4 Å². The van der Waals surface area contributed by atoms with E-state index in [1.54, 1.807) is 7.11 Å². The third kappa shape index (κ3) is 5.81. The van der Waals surface area contributed by atoms with E-state index in [1.807, 2.05) is 6.07 Å². The molecule has 35 heavy (non-hydrogen) atoms. The zero-order valence-electron chi connectivity index (χ0n) is 21.4. The highest BCUT2D eigenvalue weighted by atomic mass is 16.5. The average molecular weight is 488 g/mol. The summed E-state index contributed by atoms with van der Waals surface area (Å²) < 4.78 is 11.0. The topological polar surface area (TPSA) is 100 Å². The molecule has 0 bridgehead atoms. The fraction of sp³-hybridized carbons (Fsp3) is 0.704. The number of nitrogens with one attached hydrogen (secondary N) is 2. The van der Waals surface area contributed by atoms with Crippen molar-refractivity contribution in [3.8, 4) is 5.75 Å². The summed E-state index contributed by atoms with van der Waals surface area (Å²) in [5.41, 5.74) is 0.807. The van der Waals surface area contributed by atoms with E-state index in [0.717, 1.165) is 57.7 Å². The highest BCUT2D eigenvalue weighted by Gasteiger charge is 2.53. The van der Waals surface area contributed by atoms with Gasteiger partial charge < -0.3 is 19.9 Å². The van der Waals surface area contributed by atoms with Crippen LogP contribution < -0.4 is 15.4 Å². The summed E-state index contributed by atoms with van der Waals surface area (Å²) in [6.45, 7) is 7.69. The second-order valence-corrected chi connectivity index (χ2v) is 10.7. The van der Waals surface area contributed by atoms with Crippen molar-refractivity contribution in [3.05, 3.63) is 29.3 Å². The molecule has 0 radical (unpaired) electrons. The zero-order valence-corrected chi connectivity index (χ0v) is 21.4. The van der Waals surface area contributed by atoms with Crippen molar-refractivity contribution >= 4 is 11.9 Å². The summed E-state index contributed by atoms with van der Waals surface area (Å²) in [7, 11) is 1.70. The molecule has 1 aromatic carbocycles. The summed E-state index contributed by atoms with van der Waals surface area (Å²) in [5, 5.41) is 16.9. The Balaban J connectivity index is 1.42. The van der Waals surface area contributed by atoms with Gasteiger partial charge in [-0.2, -0.15) is 0 Å². The molecule has 1 atom stereocenters. The number of hydrogen-bond donors (Lipinski definition) is 3. The number of carbonyl (C=O) groups is 2. The number of aliphatic hydroxyl groups is 1. The van der Waals surface area contributed by atoms with Crippen molar-refractivity contribution < 1.29 is 24.2 Å². The smallest absolute Gasteiger partial charge is 0.322 e. The van der Waals surface area contributed by atoms with E-state index in [0.29, 0.717) is 31.6 Å². The molecular weight excluding hydrogens is 446 g/mol. The molecule has 2 aliphatic heterocycles. The second-order valence-electron chi connectivity index (χ2n) is 10.7. The van der Waals surface area contributed by atoms with Crippen LogP contribution in [-0.4, -0.2) is 72.5 Å². The molecule has 3 N–H and O–H groups in total. The first-order valence-electron chi connectivity index (χ1n) is 13.1. The third-order valence-electron chi connectivity index (χ3n) is 8.59. The van der Waals surface area contributed by atoms with Gasteiger partial charge in [0.1, 0.15) is 11.3 Å². The first-order chi connectivity index (χ1) is 16.7. The minimum absolute atomic E-state index is 0.0470. The van der Waals surface area contributed by atoms with Crippen molar-refractivity contribution in [1.29, 1.82) is 0 Å². The maximum atomic E-state index is 12.4. The van der Waals surface area contributed by atoms with Crippen LogP contribution in [0.3, 0.4) is 0 Å². The zero-order chi connectivity index (χ0) is 25.1. The van der Waals surface area contributed by atoms with Crippen LogP contribution in [0.15, 0.2) is 18.2 Å². The molecule has 1 spiro atoms. The van der Waals surface area contributed by atoms with Gasteiger partial charge in [0.2, 0.25) is 0 Å². The van der Waals surface area contributed by atoms with E-state index in [9.17, 15) is 14.7 Å². The number of hydrogen-bond acceptors (Lipinski definition) is 6. The van der Waals surface area contributed by atoms with E-state index in [1.165, 1.54) is 11.1 Å². The van der Waals surface area contributed by atoms with E-state index >= 15 is 0 Å². The molecule has 3 fully saturated rings. The lowest BCUT2D eigenvalue weighted by molar-refractivity contribution is -0.130. The Morgan fingerprint density at radius 2 is 1.91 bits per heavy atom. The largest absolute Gasteiger partial charge is 0.497 e. The van der Waals surface area contributed by atoms with E-state index in [-0.39, 0.29) is 11.9 Å². The predicted molar refractivity (Wildman–Crippen MR) is 133 cm³/mol. The van der Waals surface area contributed by atoms with Gasteiger partial charge in [0.25, 0.3) is 5.91 Å². The lowest BCUT2D eigenvalue weighted by Crippen LogP contribution is -2.59. The maximum absolute atomic E-state index is 12.4. The first kappa shape index (κ1) is 25.9. The van der Waals surface area contributed by atoms with E-state index < -0.39 is 17.2 Å². The predicted octanol–water partition coefficient (Wildman–Crippen LogP) is 2.94. The molecule has 1 saturated carbocycles. The molecule has 1 aromatic rings. The fourth-order valence-electron chi connectivity index (χ4n) is 5.97. The monoisotopic (exact) mass is 487 g/mol. The summed E-state index contributed by atoms with van der Waals surface area (Å²) in [6, 6.07) is 5.75. The molecule has 0 unspecified atom stereocenters. The number of rotatable bonds is 9. The van der Waals surface area contributed by atoms with Gasteiger partial charge in [-0.25, -0.2) is 4.79 Å². The maximum Gasteiger partial charge on any atom is 0.322 e. The molecule has 2 saturated heterocycles. The number of methoxy groups -OCH3 is 1. The molecular formula is C27H41N3O5. The van der Waals surface area contributed by atoms with Gasteiger partial charge in [-0.3, -0.25) is 15.0 Å². The van der Waals surface area contributed by atoms with Gasteiger partial charge in [0.15, 0.2) is 0 Å². The number of ether oxygens (including phenoxy) is 2. The summed E-state index contributed by atoms with van der Waals surface area (Å²) in [5.74, 6) is 1.18. The van der Waals surface area contributed by atoms with Gasteiger partial charge >= 0.3 is 6.03 Å². The molecule has 3 amide bonds. The van der Waals surface area contributed by atoms with E-state index in [4.69, 9.17) is 9.47 Å². The minimum atomic E-state index is -0.893. The van der Waals surface area contributed by atoms with Gasteiger partial charge in [0, 0.05) is 25.8 Å². The Hall–Kier alpha value is -2.16. The number of imide groups is 1. The minimum Gasteiger partial charge on any atom is -0.497 e. The lowest BCUT2D eigenvalue weighted by Gasteiger charge is -2.47.